The van der Waals surface area contributed by atoms with Gasteiger partial charge in [-0.1, -0.05) is 81.0 Å². The van der Waals surface area contributed by atoms with E-state index in [1.807, 2.05) is 0 Å². The second-order valence-corrected chi connectivity index (χ2v) is 7.35. The van der Waals surface area contributed by atoms with Gasteiger partial charge in [-0.25, -0.2) is 13.6 Å². The molecule has 166 valence electrons. The zero-order valence-corrected chi connectivity index (χ0v) is 18.1. The van der Waals surface area contributed by atoms with Crippen molar-refractivity contribution in [2.24, 2.45) is 5.16 Å². The molecule has 1 rings (SSSR count). The minimum absolute atomic E-state index is 0.309. The maximum absolute atomic E-state index is 13.0. The van der Waals surface area contributed by atoms with Crippen LogP contribution in [0.4, 0.5) is 8.78 Å². The van der Waals surface area contributed by atoms with Gasteiger partial charge < -0.3 is 4.84 Å². The molecule has 1 aromatic rings. The van der Waals surface area contributed by atoms with Crippen LogP contribution in [0, 0.1) is 11.6 Å². The Bertz CT molecular complexity index is 684. The van der Waals surface area contributed by atoms with Crippen molar-refractivity contribution in [1.29, 1.82) is 0 Å². The van der Waals surface area contributed by atoms with Gasteiger partial charge in [-0.15, -0.1) is 0 Å². The predicted molar refractivity (Wildman–Crippen MR) is 119 cm³/mol. The van der Waals surface area contributed by atoms with Crippen molar-refractivity contribution in [3.05, 3.63) is 59.7 Å². The molecule has 3 nitrogen and oxygen atoms in total. The van der Waals surface area contributed by atoms with E-state index in [-0.39, 0.29) is 0 Å². The van der Waals surface area contributed by atoms with Gasteiger partial charge in [0.2, 0.25) is 0 Å². The third kappa shape index (κ3) is 13.8. The van der Waals surface area contributed by atoms with E-state index in [1.54, 1.807) is 0 Å². The molecule has 0 heterocycles. The number of carbonyl (C=O) groups is 1. The van der Waals surface area contributed by atoms with Crippen molar-refractivity contribution >= 4 is 12.2 Å². The summed E-state index contributed by atoms with van der Waals surface area (Å²) in [4.78, 5) is 16.3. The Morgan fingerprint density at radius 1 is 0.900 bits per heavy atom. The lowest BCUT2D eigenvalue weighted by molar-refractivity contribution is -0.143. The fourth-order valence-electron chi connectivity index (χ4n) is 2.85. The lowest BCUT2D eigenvalue weighted by Crippen LogP contribution is -2.00. The fraction of sp³-hybridized carbons (Fsp3) is 0.520. The van der Waals surface area contributed by atoms with Gasteiger partial charge in [0.25, 0.3) is 0 Å². The first-order valence-corrected chi connectivity index (χ1v) is 11.1. The van der Waals surface area contributed by atoms with Crippen LogP contribution in [0.2, 0.25) is 0 Å². The van der Waals surface area contributed by atoms with E-state index in [9.17, 15) is 13.6 Å². The van der Waals surface area contributed by atoms with Crippen molar-refractivity contribution in [2.75, 3.05) is 0 Å². The van der Waals surface area contributed by atoms with E-state index in [0.717, 1.165) is 44.2 Å². The van der Waals surface area contributed by atoms with Crippen LogP contribution in [-0.4, -0.2) is 12.2 Å². The van der Waals surface area contributed by atoms with Crippen LogP contribution >= 0.6 is 0 Å². The summed E-state index contributed by atoms with van der Waals surface area (Å²) in [7, 11) is 0. The highest BCUT2D eigenvalue weighted by molar-refractivity contribution is 5.80. The van der Waals surface area contributed by atoms with E-state index >= 15 is 0 Å². The Balaban J connectivity index is 1.95. The largest absolute Gasteiger partial charge is 0.335 e. The van der Waals surface area contributed by atoms with Crippen LogP contribution in [0.25, 0.3) is 0 Å². The fourth-order valence-corrected chi connectivity index (χ4v) is 2.85. The summed E-state index contributed by atoms with van der Waals surface area (Å²) in [6, 6.07) is 3.35. The van der Waals surface area contributed by atoms with E-state index < -0.39 is 17.6 Å². The second-order valence-electron chi connectivity index (χ2n) is 7.35. The molecule has 0 aliphatic carbocycles. The standard InChI is InChI=1S/C25H35F2NO2/c1-2-3-4-5-6-7-8-9-10-11-12-13-14-15-16-17-25(29)30-28-21-22-18-19-23(26)24(27)20-22/h5-6,8-9,18-21H,2-4,7,10-17H2,1H3/b6-5-,9-8-,28-21+. The number of hydrogen-bond donors (Lipinski definition) is 0. The van der Waals surface area contributed by atoms with Crippen LogP contribution in [0.1, 0.15) is 89.5 Å². The van der Waals surface area contributed by atoms with Crippen LogP contribution in [0.5, 0.6) is 0 Å². The monoisotopic (exact) mass is 419 g/mol. The molecule has 0 unspecified atom stereocenters. The average Bonchev–Trinajstić information content (AvgIpc) is 2.73. The Labute approximate surface area is 179 Å². The first kappa shape index (κ1) is 25.7. The maximum Gasteiger partial charge on any atom is 0.335 e. The highest BCUT2D eigenvalue weighted by Crippen LogP contribution is 2.10. The topological polar surface area (TPSA) is 38.7 Å². The molecule has 0 radical (unpaired) electrons. The number of rotatable bonds is 16. The lowest BCUT2D eigenvalue weighted by Gasteiger charge is -2.00. The van der Waals surface area contributed by atoms with Crippen LogP contribution in [-0.2, 0) is 9.63 Å². The summed E-state index contributed by atoms with van der Waals surface area (Å²) in [5.41, 5.74) is 0.333. The van der Waals surface area contributed by atoms with Crippen molar-refractivity contribution < 1.29 is 18.4 Å². The molecular weight excluding hydrogens is 384 g/mol. The molecule has 0 amide bonds. The third-order valence-electron chi connectivity index (χ3n) is 4.63. The van der Waals surface area contributed by atoms with Gasteiger partial charge in [0.15, 0.2) is 11.6 Å². The number of carbonyl (C=O) groups excluding carboxylic acids is 1. The Kier molecular flexibility index (Phi) is 15.1. The van der Waals surface area contributed by atoms with E-state index in [0.29, 0.717) is 12.0 Å². The van der Waals surface area contributed by atoms with Crippen LogP contribution in [0.3, 0.4) is 0 Å². The van der Waals surface area contributed by atoms with Gasteiger partial charge in [0.05, 0.1) is 6.21 Å². The number of nitrogens with zero attached hydrogens (tertiary/aromatic N) is 1. The third-order valence-corrected chi connectivity index (χ3v) is 4.63. The van der Waals surface area contributed by atoms with Gasteiger partial charge in [0.1, 0.15) is 0 Å². The molecule has 0 aromatic heterocycles. The Morgan fingerprint density at radius 3 is 2.27 bits per heavy atom. The molecule has 0 spiro atoms. The number of unbranched alkanes of at least 4 members (excludes halogenated alkanes) is 8. The van der Waals surface area contributed by atoms with Gasteiger partial charge >= 0.3 is 5.97 Å². The van der Waals surface area contributed by atoms with E-state index in [1.165, 1.54) is 50.8 Å². The number of benzene rings is 1. The van der Waals surface area contributed by atoms with Crippen LogP contribution < -0.4 is 0 Å². The van der Waals surface area contributed by atoms with Gasteiger partial charge in [-0.3, -0.25) is 0 Å². The minimum atomic E-state index is -0.962. The maximum atomic E-state index is 13.0. The molecule has 30 heavy (non-hydrogen) atoms. The quantitative estimate of drug-likeness (QED) is 0.0907. The molecule has 0 aliphatic rings. The van der Waals surface area contributed by atoms with E-state index in [2.05, 4.69) is 36.4 Å². The number of halogens is 2. The molecule has 0 atom stereocenters. The molecule has 0 bridgehead atoms. The molecule has 0 saturated carbocycles. The van der Waals surface area contributed by atoms with Crippen molar-refractivity contribution in [3.63, 3.8) is 0 Å². The van der Waals surface area contributed by atoms with Crippen molar-refractivity contribution in [3.8, 4) is 0 Å². The Hall–Kier alpha value is -2.30. The summed E-state index contributed by atoms with van der Waals surface area (Å²) in [5.74, 6) is -2.30. The zero-order valence-electron chi connectivity index (χ0n) is 18.1. The van der Waals surface area contributed by atoms with Crippen molar-refractivity contribution in [2.45, 2.75) is 84.0 Å². The predicted octanol–water partition coefficient (Wildman–Crippen LogP) is 7.66. The minimum Gasteiger partial charge on any atom is -0.318 e. The second kappa shape index (κ2) is 17.5. The van der Waals surface area contributed by atoms with Crippen molar-refractivity contribution in [1.82, 2.24) is 0 Å². The molecule has 1 aromatic carbocycles. The van der Waals surface area contributed by atoms with E-state index in [4.69, 9.17) is 4.84 Å². The van der Waals surface area contributed by atoms with Gasteiger partial charge in [0, 0.05) is 6.42 Å². The average molecular weight is 420 g/mol. The lowest BCUT2D eigenvalue weighted by atomic mass is 10.1. The molecule has 5 heteroatoms. The number of allylic oxidation sites excluding steroid dienone is 4. The molecule has 0 N–H and O–H groups in total. The Morgan fingerprint density at radius 2 is 1.57 bits per heavy atom. The molecule has 0 aliphatic heterocycles. The number of oxime groups is 1. The smallest absolute Gasteiger partial charge is 0.318 e. The van der Waals surface area contributed by atoms with Crippen LogP contribution in [0.15, 0.2) is 47.7 Å². The highest BCUT2D eigenvalue weighted by Gasteiger charge is 2.03. The summed E-state index contributed by atoms with van der Waals surface area (Å²) < 4.78 is 25.9. The molecule has 0 saturated heterocycles. The van der Waals surface area contributed by atoms with Gasteiger partial charge in [-0.2, -0.15) is 0 Å². The summed E-state index contributed by atoms with van der Waals surface area (Å²) in [5, 5.41) is 3.53. The first-order valence-electron chi connectivity index (χ1n) is 11.1. The molecule has 0 fully saturated rings. The molecular formula is C25H35F2NO2. The SMILES string of the molecule is CCCC/C=C\C/C=C\CCCCCCCCC(=O)O/N=C/c1ccc(F)c(F)c1. The summed E-state index contributed by atoms with van der Waals surface area (Å²) >= 11 is 0. The number of hydrogen-bond acceptors (Lipinski definition) is 3. The van der Waals surface area contributed by atoms with Gasteiger partial charge in [-0.05, 0) is 49.8 Å². The highest BCUT2D eigenvalue weighted by atomic mass is 19.2. The summed E-state index contributed by atoms with van der Waals surface area (Å²) in [6.45, 7) is 2.21. The first-order chi connectivity index (χ1) is 14.6. The zero-order chi connectivity index (χ0) is 21.9. The normalized spacial score (nSPS) is 11.8. The summed E-state index contributed by atoms with van der Waals surface area (Å²) in [6.07, 6.45) is 22.8.